The van der Waals surface area contributed by atoms with E-state index in [1.807, 2.05) is 0 Å². The Morgan fingerprint density at radius 1 is 1.62 bits per heavy atom. The number of carbonyl (C=O) groups excluding carboxylic acids is 1. The number of nitrogens with one attached hydrogen (secondary N) is 1. The summed E-state index contributed by atoms with van der Waals surface area (Å²) in [4.78, 5) is 18.2. The van der Waals surface area contributed by atoms with Gasteiger partial charge in [-0.1, -0.05) is 0 Å². The van der Waals surface area contributed by atoms with Crippen molar-refractivity contribution in [3.8, 4) is 0 Å². The van der Waals surface area contributed by atoms with E-state index in [1.54, 1.807) is 0 Å². The number of alkyl halides is 3. The van der Waals surface area contributed by atoms with Gasteiger partial charge in [-0.3, -0.25) is 4.79 Å². The first-order chi connectivity index (χ1) is 7.43. The fourth-order valence-corrected chi connectivity index (χ4v) is 1.05. The van der Waals surface area contributed by atoms with Crippen LogP contribution in [0.25, 0.3) is 0 Å². The van der Waals surface area contributed by atoms with Crippen LogP contribution in [-0.4, -0.2) is 21.8 Å². The minimum absolute atomic E-state index is 0.0184. The minimum atomic E-state index is -3.02. The van der Waals surface area contributed by atoms with E-state index < -0.39 is 11.8 Å². The first-order valence-corrected chi connectivity index (χ1v) is 5.00. The number of hydrogen-bond acceptors (Lipinski definition) is 3. The van der Waals surface area contributed by atoms with Crippen LogP contribution in [0.3, 0.4) is 0 Å². The Balaban J connectivity index is 2.72. The molecule has 1 rings (SSSR count). The van der Waals surface area contributed by atoms with E-state index in [0.717, 1.165) is 13.0 Å². The van der Waals surface area contributed by atoms with Crippen LogP contribution in [0.1, 0.15) is 18.4 Å². The zero-order valence-electron chi connectivity index (χ0n) is 8.51. The van der Waals surface area contributed by atoms with E-state index >= 15 is 0 Å². The van der Waals surface area contributed by atoms with Gasteiger partial charge in [0, 0.05) is 13.1 Å². The Bertz CT molecular complexity index is 381. The zero-order valence-corrected chi connectivity index (χ0v) is 9.26. The third kappa shape index (κ3) is 3.69. The molecular weight excluding hydrogens is 240 g/mol. The highest BCUT2D eigenvalue weighted by Gasteiger charge is 2.26. The summed E-state index contributed by atoms with van der Waals surface area (Å²) in [7, 11) is 0. The Morgan fingerprint density at radius 3 is 2.88 bits per heavy atom. The monoisotopic (exact) mass is 249 g/mol. The highest BCUT2D eigenvalue weighted by Crippen LogP contribution is 2.24. The number of nitrogens with zero attached hydrogens (tertiary/aromatic N) is 2. The van der Waals surface area contributed by atoms with E-state index in [0.29, 0.717) is 0 Å². The van der Waals surface area contributed by atoms with E-state index in [-0.39, 0.29) is 23.9 Å². The van der Waals surface area contributed by atoms with Gasteiger partial charge in [-0.25, -0.2) is 9.97 Å². The predicted octanol–water partition coefficient (Wildman–Crippen LogP) is 1.44. The van der Waals surface area contributed by atoms with Gasteiger partial charge in [0.15, 0.2) is 0 Å². The summed E-state index contributed by atoms with van der Waals surface area (Å²) in [5, 5.41) is 2.39. The third-order valence-corrected chi connectivity index (χ3v) is 1.96. The van der Waals surface area contributed by atoms with Crippen molar-refractivity contribution < 1.29 is 13.6 Å². The van der Waals surface area contributed by atoms with Crippen molar-refractivity contribution in [2.45, 2.75) is 19.4 Å². The lowest BCUT2D eigenvalue weighted by Crippen LogP contribution is -2.25. The molecule has 7 heteroatoms. The highest BCUT2D eigenvalue weighted by molar-refractivity contribution is 6.27. The lowest BCUT2D eigenvalue weighted by Gasteiger charge is -2.10. The maximum absolute atomic E-state index is 12.9. The molecule has 0 aromatic carbocycles. The fraction of sp³-hybridized carbons (Fsp3) is 0.444. The van der Waals surface area contributed by atoms with Crippen LogP contribution in [0.15, 0.2) is 12.3 Å². The van der Waals surface area contributed by atoms with Gasteiger partial charge >= 0.3 is 0 Å². The van der Waals surface area contributed by atoms with Crippen molar-refractivity contribution in [1.29, 1.82) is 0 Å². The second-order valence-corrected chi connectivity index (χ2v) is 3.42. The summed E-state index contributed by atoms with van der Waals surface area (Å²) >= 11 is 5.25. The van der Waals surface area contributed by atoms with Crippen molar-refractivity contribution in [1.82, 2.24) is 15.3 Å². The number of carbonyl (C=O) groups is 1. The van der Waals surface area contributed by atoms with Gasteiger partial charge in [0.2, 0.25) is 5.91 Å². The molecule has 0 saturated heterocycles. The lowest BCUT2D eigenvalue weighted by atomic mass is 10.2. The van der Waals surface area contributed by atoms with Crippen LogP contribution < -0.4 is 5.32 Å². The fourth-order valence-electron chi connectivity index (χ4n) is 0.954. The van der Waals surface area contributed by atoms with E-state index in [9.17, 15) is 13.6 Å². The van der Waals surface area contributed by atoms with Crippen molar-refractivity contribution in [3.63, 3.8) is 0 Å². The number of amides is 1. The number of hydrogen-bond donors (Lipinski definition) is 1. The van der Waals surface area contributed by atoms with Crippen molar-refractivity contribution in [2.24, 2.45) is 0 Å². The smallest absolute Gasteiger partial charge is 0.287 e. The summed E-state index contributed by atoms with van der Waals surface area (Å²) in [5.74, 6) is -3.49. The molecule has 0 aliphatic rings. The van der Waals surface area contributed by atoms with Crippen molar-refractivity contribution in [3.05, 3.63) is 23.8 Å². The molecule has 4 nitrogen and oxygen atoms in total. The number of halogens is 3. The van der Waals surface area contributed by atoms with Gasteiger partial charge < -0.3 is 5.32 Å². The largest absolute Gasteiger partial charge is 0.348 e. The van der Waals surface area contributed by atoms with Crippen LogP contribution in [0.4, 0.5) is 8.78 Å². The zero-order chi connectivity index (χ0) is 12.2. The highest BCUT2D eigenvalue weighted by atomic mass is 35.5. The molecule has 0 saturated carbocycles. The number of rotatable bonds is 4. The standard InChI is InChI=1S/C9H10ClF2N3O/c1-9(11,12)6-2-3-13-7(15-6)5-14-8(16)4-10/h2-3H,4-5H2,1H3,(H,14,16). The maximum atomic E-state index is 12.9. The molecule has 16 heavy (non-hydrogen) atoms. The second kappa shape index (κ2) is 5.16. The molecule has 0 bridgehead atoms. The summed E-state index contributed by atoms with van der Waals surface area (Å²) in [6, 6.07) is 1.13. The molecule has 0 spiro atoms. The molecule has 1 amide bonds. The van der Waals surface area contributed by atoms with Crippen molar-refractivity contribution in [2.75, 3.05) is 5.88 Å². The van der Waals surface area contributed by atoms with E-state index in [2.05, 4.69) is 15.3 Å². The Kier molecular flexibility index (Phi) is 4.12. The first kappa shape index (κ1) is 12.8. The van der Waals surface area contributed by atoms with E-state index in [1.165, 1.54) is 6.20 Å². The molecule has 0 aliphatic carbocycles. The van der Waals surface area contributed by atoms with Crippen LogP contribution >= 0.6 is 11.6 Å². The average Bonchev–Trinajstić information content (AvgIpc) is 2.25. The molecule has 0 unspecified atom stereocenters. The molecule has 0 radical (unpaired) electrons. The van der Waals surface area contributed by atoms with Gasteiger partial charge in [0.05, 0.1) is 6.54 Å². The van der Waals surface area contributed by atoms with Crippen LogP contribution in [0.5, 0.6) is 0 Å². The summed E-state index contributed by atoms with van der Waals surface area (Å²) in [6.07, 6.45) is 1.22. The Morgan fingerprint density at radius 2 is 2.31 bits per heavy atom. The second-order valence-electron chi connectivity index (χ2n) is 3.16. The molecule has 0 atom stereocenters. The quantitative estimate of drug-likeness (QED) is 0.822. The van der Waals surface area contributed by atoms with E-state index in [4.69, 9.17) is 11.6 Å². The summed E-state index contributed by atoms with van der Waals surface area (Å²) in [5.41, 5.74) is -0.377. The summed E-state index contributed by atoms with van der Waals surface area (Å²) < 4.78 is 25.8. The molecule has 88 valence electrons. The van der Waals surface area contributed by atoms with Crippen LogP contribution in [0.2, 0.25) is 0 Å². The third-order valence-electron chi connectivity index (χ3n) is 1.72. The molecule has 1 heterocycles. The topological polar surface area (TPSA) is 54.9 Å². The SMILES string of the molecule is CC(F)(F)c1ccnc(CNC(=O)CCl)n1. The minimum Gasteiger partial charge on any atom is -0.348 e. The average molecular weight is 250 g/mol. The lowest BCUT2D eigenvalue weighted by molar-refractivity contribution is -0.118. The normalized spacial score (nSPS) is 11.2. The van der Waals surface area contributed by atoms with Crippen LogP contribution in [-0.2, 0) is 17.3 Å². The van der Waals surface area contributed by atoms with Gasteiger partial charge in [-0.2, -0.15) is 8.78 Å². The first-order valence-electron chi connectivity index (χ1n) is 4.46. The van der Waals surface area contributed by atoms with Gasteiger partial charge in [-0.15, -0.1) is 11.6 Å². The van der Waals surface area contributed by atoms with Crippen molar-refractivity contribution >= 4 is 17.5 Å². The summed E-state index contributed by atoms with van der Waals surface area (Å²) in [6.45, 7) is 0.728. The van der Waals surface area contributed by atoms with Gasteiger partial charge in [0.25, 0.3) is 5.92 Å². The van der Waals surface area contributed by atoms with Crippen LogP contribution in [0, 0.1) is 0 Å². The maximum Gasteiger partial charge on any atom is 0.287 e. The molecule has 1 aromatic heterocycles. The van der Waals surface area contributed by atoms with Gasteiger partial charge in [0.1, 0.15) is 17.4 Å². The molecule has 1 N–H and O–H groups in total. The predicted molar refractivity (Wildman–Crippen MR) is 54.2 cm³/mol. The number of aromatic nitrogens is 2. The molecular formula is C9H10ClF2N3O. The molecule has 0 fully saturated rings. The van der Waals surface area contributed by atoms with Gasteiger partial charge in [-0.05, 0) is 6.07 Å². The Hall–Kier alpha value is -1.30. The molecule has 0 aliphatic heterocycles. The molecule has 1 aromatic rings. The Labute approximate surface area is 96.0 Å².